The molecule has 2 aromatic rings. The summed E-state index contributed by atoms with van der Waals surface area (Å²) < 4.78 is 6.55. The minimum absolute atomic E-state index is 0.120. The SMILES string of the molecule is COCc1nnc(-n2nnc(C=O)c2C(C)C)s1. The van der Waals surface area contributed by atoms with Crippen LogP contribution in [-0.2, 0) is 11.3 Å². The first kappa shape index (κ1) is 12.8. The monoisotopic (exact) mass is 267 g/mol. The van der Waals surface area contributed by atoms with Gasteiger partial charge in [0, 0.05) is 7.11 Å². The Morgan fingerprint density at radius 1 is 1.39 bits per heavy atom. The number of nitrogens with zero attached hydrogens (tertiary/aromatic N) is 5. The van der Waals surface area contributed by atoms with Crippen molar-refractivity contribution in [2.75, 3.05) is 7.11 Å². The van der Waals surface area contributed by atoms with E-state index in [1.54, 1.807) is 11.8 Å². The Morgan fingerprint density at radius 3 is 2.78 bits per heavy atom. The summed E-state index contributed by atoms with van der Waals surface area (Å²) in [4.78, 5) is 10.9. The smallest absolute Gasteiger partial charge is 0.234 e. The molecule has 8 heteroatoms. The fourth-order valence-corrected chi connectivity index (χ4v) is 2.35. The topological polar surface area (TPSA) is 82.8 Å². The summed E-state index contributed by atoms with van der Waals surface area (Å²) in [5.41, 5.74) is 1.08. The van der Waals surface area contributed by atoms with Crippen molar-refractivity contribution in [3.63, 3.8) is 0 Å². The van der Waals surface area contributed by atoms with Crippen LogP contribution in [0.4, 0.5) is 0 Å². The summed E-state index contributed by atoms with van der Waals surface area (Å²) >= 11 is 1.36. The van der Waals surface area contributed by atoms with Crippen LogP contribution in [0.25, 0.3) is 5.13 Å². The molecule has 0 bridgehead atoms. The molecule has 2 aromatic heterocycles. The Kier molecular flexibility index (Phi) is 3.78. The average molecular weight is 267 g/mol. The molecule has 0 saturated heterocycles. The van der Waals surface area contributed by atoms with Gasteiger partial charge in [0.2, 0.25) is 5.13 Å². The van der Waals surface area contributed by atoms with Crippen LogP contribution in [0.3, 0.4) is 0 Å². The van der Waals surface area contributed by atoms with Gasteiger partial charge in [-0.2, -0.15) is 4.68 Å². The van der Waals surface area contributed by atoms with Crippen LogP contribution in [0.1, 0.15) is 41.0 Å². The van der Waals surface area contributed by atoms with E-state index in [2.05, 4.69) is 20.5 Å². The summed E-state index contributed by atoms with van der Waals surface area (Å²) in [5.74, 6) is 0.120. The van der Waals surface area contributed by atoms with E-state index in [0.29, 0.717) is 23.7 Å². The van der Waals surface area contributed by atoms with Gasteiger partial charge in [0.15, 0.2) is 6.29 Å². The Balaban J connectivity index is 2.43. The van der Waals surface area contributed by atoms with E-state index in [1.807, 2.05) is 13.8 Å². The Morgan fingerprint density at radius 2 is 2.17 bits per heavy atom. The predicted octanol–water partition coefficient (Wildman–Crippen LogP) is 1.20. The molecular weight excluding hydrogens is 254 g/mol. The van der Waals surface area contributed by atoms with E-state index >= 15 is 0 Å². The summed E-state index contributed by atoms with van der Waals surface area (Å²) in [6.07, 6.45) is 0.704. The molecule has 0 aromatic carbocycles. The molecule has 0 fully saturated rings. The lowest BCUT2D eigenvalue weighted by Crippen LogP contribution is -2.05. The number of carbonyl (C=O) groups is 1. The molecule has 0 amide bonds. The molecule has 2 rings (SSSR count). The maximum Gasteiger partial charge on any atom is 0.234 e. The quantitative estimate of drug-likeness (QED) is 0.757. The van der Waals surface area contributed by atoms with Gasteiger partial charge >= 0.3 is 0 Å². The summed E-state index contributed by atoms with van der Waals surface area (Å²) in [5, 5.41) is 17.2. The first-order valence-corrected chi connectivity index (χ1v) is 6.21. The molecular formula is C10H13N5O2S. The molecule has 0 saturated carbocycles. The van der Waals surface area contributed by atoms with E-state index in [1.165, 1.54) is 11.3 Å². The Bertz CT molecular complexity index is 548. The number of aldehydes is 1. The number of hydrogen-bond donors (Lipinski definition) is 0. The highest BCUT2D eigenvalue weighted by Gasteiger charge is 2.19. The first-order chi connectivity index (χ1) is 8.67. The molecule has 18 heavy (non-hydrogen) atoms. The highest BCUT2D eigenvalue weighted by Crippen LogP contribution is 2.22. The van der Waals surface area contributed by atoms with Gasteiger partial charge in [0.05, 0.1) is 5.69 Å². The van der Waals surface area contributed by atoms with Gasteiger partial charge in [0.1, 0.15) is 17.3 Å². The number of carbonyl (C=O) groups excluding carboxylic acids is 1. The minimum atomic E-state index is 0.120. The van der Waals surface area contributed by atoms with Gasteiger partial charge in [-0.1, -0.05) is 30.4 Å². The maximum absolute atomic E-state index is 10.9. The molecule has 0 aliphatic rings. The summed E-state index contributed by atoms with van der Waals surface area (Å²) in [7, 11) is 1.60. The third-order valence-electron chi connectivity index (χ3n) is 2.30. The zero-order chi connectivity index (χ0) is 13.1. The van der Waals surface area contributed by atoms with E-state index in [4.69, 9.17) is 4.74 Å². The van der Waals surface area contributed by atoms with Crippen molar-refractivity contribution in [2.24, 2.45) is 0 Å². The molecule has 0 radical (unpaired) electrons. The van der Waals surface area contributed by atoms with Crippen LogP contribution in [0, 0.1) is 0 Å². The lowest BCUT2D eigenvalue weighted by Gasteiger charge is -2.05. The van der Waals surface area contributed by atoms with Gasteiger partial charge < -0.3 is 4.74 Å². The molecule has 0 atom stereocenters. The number of hydrogen-bond acceptors (Lipinski definition) is 7. The second-order valence-electron chi connectivity index (χ2n) is 3.96. The van der Waals surface area contributed by atoms with Gasteiger partial charge in [0.25, 0.3) is 0 Å². The highest BCUT2D eigenvalue weighted by atomic mass is 32.1. The fraction of sp³-hybridized carbons (Fsp3) is 0.500. The average Bonchev–Trinajstić information content (AvgIpc) is 2.94. The second kappa shape index (κ2) is 5.32. The zero-order valence-electron chi connectivity index (χ0n) is 10.3. The Hall–Kier alpha value is -1.67. The van der Waals surface area contributed by atoms with Crippen molar-refractivity contribution in [3.8, 4) is 5.13 Å². The largest absolute Gasteiger partial charge is 0.377 e. The molecule has 7 nitrogen and oxygen atoms in total. The normalized spacial score (nSPS) is 11.1. The van der Waals surface area contributed by atoms with Crippen molar-refractivity contribution in [2.45, 2.75) is 26.4 Å². The molecule has 0 aliphatic heterocycles. The number of rotatable bonds is 5. The molecule has 0 unspecified atom stereocenters. The first-order valence-electron chi connectivity index (χ1n) is 5.39. The van der Waals surface area contributed by atoms with Crippen LogP contribution in [0.15, 0.2) is 0 Å². The van der Waals surface area contributed by atoms with Crippen molar-refractivity contribution in [1.29, 1.82) is 0 Å². The van der Waals surface area contributed by atoms with Crippen molar-refractivity contribution < 1.29 is 9.53 Å². The van der Waals surface area contributed by atoms with E-state index < -0.39 is 0 Å². The van der Waals surface area contributed by atoms with Gasteiger partial charge in [-0.3, -0.25) is 4.79 Å². The Labute approximate surface area is 108 Å². The summed E-state index contributed by atoms with van der Waals surface area (Å²) in [6, 6.07) is 0. The van der Waals surface area contributed by atoms with Crippen molar-refractivity contribution >= 4 is 17.6 Å². The maximum atomic E-state index is 10.9. The summed E-state index contributed by atoms with van der Waals surface area (Å²) in [6.45, 7) is 4.35. The molecule has 0 spiro atoms. The third-order valence-corrected chi connectivity index (χ3v) is 3.17. The van der Waals surface area contributed by atoms with Crippen LogP contribution in [0.5, 0.6) is 0 Å². The lowest BCUT2D eigenvalue weighted by atomic mass is 10.1. The second-order valence-corrected chi connectivity index (χ2v) is 5.00. The number of ether oxygens (including phenoxy) is 1. The van der Waals surface area contributed by atoms with Crippen LogP contribution in [0.2, 0.25) is 0 Å². The van der Waals surface area contributed by atoms with E-state index in [0.717, 1.165) is 10.7 Å². The third kappa shape index (κ3) is 2.29. The van der Waals surface area contributed by atoms with Crippen LogP contribution >= 0.6 is 11.3 Å². The molecule has 96 valence electrons. The van der Waals surface area contributed by atoms with Crippen LogP contribution in [-0.4, -0.2) is 38.6 Å². The van der Waals surface area contributed by atoms with Gasteiger partial charge in [-0.25, -0.2) is 0 Å². The van der Waals surface area contributed by atoms with Crippen molar-refractivity contribution in [3.05, 3.63) is 16.4 Å². The van der Waals surface area contributed by atoms with Gasteiger partial charge in [-0.05, 0) is 5.92 Å². The minimum Gasteiger partial charge on any atom is -0.377 e. The standard InChI is InChI=1S/C10H13N5O2S/c1-6(2)9-7(4-16)11-14-15(9)10-13-12-8(18-10)5-17-3/h4,6H,5H2,1-3H3. The highest BCUT2D eigenvalue weighted by molar-refractivity contribution is 7.13. The zero-order valence-corrected chi connectivity index (χ0v) is 11.1. The fourth-order valence-electron chi connectivity index (χ4n) is 1.58. The molecule has 0 aliphatic carbocycles. The molecule has 2 heterocycles. The lowest BCUT2D eigenvalue weighted by molar-refractivity contribution is 0.111. The van der Waals surface area contributed by atoms with Gasteiger partial charge in [-0.15, -0.1) is 15.3 Å². The van der Waals surface area contributed by atoms with Crippen LogP contribution < -0.4 is 0 Å². The van der Waals surface area contributed by atoms with Crippen molar-refractivity contribution in [1.82, 2.24) is 25.2 Å². The predicted molar refractivity (Wildman–Crippen MR) is 65.0 cm³/mol. The van der Waals surface area contributed by atoms with E-state index in [-0.39, 0.29) is 5.92 Å². The molecule has 0 N–H and O–H groups in total. The number of methoxy groups -OCH3 is 1. The number of aromatic nitrogens is 5. The van der Waals surface area contributed by atoms with E-state index in [9.17, 15) is 4.79 Å².